The van der Waals surface area contributed by atoms with Crippen molar-refractivity contribution >= 4 is 23.3 Å². The number of hydrogen-bond donors (Lipinski definition) is 2. The first kappa shape index (κ1) is 13.4. The molecule has 6 heteroatoms. The lowest BCUT2D eigenvalue weighted by atomic mass is 10.2. The normalized spacial score (nSPS) is 10.4. The first-order chi connectivity index (χ1) is 9.16. The standard InChI is InChI=1S/C13H14ClN3O2/c14-10-2-3-11(13(18)19)12(8-10)16-4-1-6-17-7-5-15-9-17/h2-3,5,7-9,16H,1,4,6H2,(H,18,19). The lowest BCUT2D eigenvalue weighted by Crippen LogP contribution is -2.09. The number of aromatic carboxylic acids is 1. The highest BCUT2D eigenvalue weighted by Crippen LogP contribution is 2.21. The molecule has 0 atom stereocenters. The number of carbonyl (C=O) groups is 1. The van der Waals surface area contributed by atoms with E-state index >= 15 is 0 Å². The van der Waals surface area contributed by atoms with Crippen LogP contribution in [0.2, 0.25) is 5.02 Å². The van der Waals surface area contributed by atoms with Gasteiger partial charge >= 0.3 is 5.97 Å². The van der Waals surface area contributed by atoms with E-state index in [2.05, 4.69) is 10.3 Å². The van der Waals surface area contributed by atoms with Crippen LogP contribution in [0.25, 0.3) is 0 Å². The van der Waals surface area contributed by atoms with Crippen LogP contribution in [0.15, 0.2) is 36.9 Å². The molecule has 2 rings (SSSR count). The average Bonchev–Trinajstić information content (AvgIpc) is 2.87. The number of aromatic nitrogens is 2. The van der Waals surface area contributed by atoms with Gasteiger partial charge in [0.05, 0.1) is 17.6 Å². The van der Waals surface area contributed by atoms with Crippen LogP contribution in [0.1, 0.15) is 16.8 Å². The van der Waals surface area contributed by atoms with Gasteiger partial charge in [0.2, 0.25) is 0 Å². The van der Waals surface area contributed by atoms with Crippen molar-refractivity contribution in [3.8, 4) is 0 Å². The van der Waals surface area contributed by atoms with Crippen LogP contribution in [0, 0.1) is 0 Å². The zero-order valence-corrected chi connectivity index (χ0v) is 11.0. The molecule has 0 unspecified atom stereocenters. The Morgan fingerprint density at radius 2 is 2.32 bits per heavy atom. The van der Waals surface area contributed by atoms with Gasteiger partial charge in [-0.2, -0.15) is 0 Å². The Balaban J connectivity index is 1.91. The van der Waals surface area contributed by atoms with Crippen LogP contribution >= 0.6 is 11.6 Å². The molecule has 1 aromatic heterocycles. The summed E-state index contributed by atoms with van der Waals surface area (Å²) in [4.78, 5) is 15.0. The van der Waals surface area contributed by atoms with Crippen LogP contribution in [0.4, 0.5) is 5.69 Å². The molecule has 5 nitrogen and oxygen atoms in total. The number of halogens is 1. The van der Waals surface area contributed by atoms with Crippen molar-refractivity contribution in [1.82, 2.24) is 9.55 Å². The maximum absolute atomic E-state index is 11.1. The average molecular weight is 280 g/mol. The predicted octanol–water partition coefficient (Wildman–Crippen LogP) is 2.74. The van der Waals surface area contributed by atoms with Crippen molar-refractivity contribution in [2.45, 2.75) is 13.0 Å². The first-order valence-electron chi connectivity index (χ1n) is 5.89. The van der Waals surface area contributed by atoms with Gasteiger partial charge in [0.15, 0.2) is 0 Å². The summed E-state index contributed by atoms with van der Waals surface area (Å²) in [5.74, 6) is -0.964. The molecule has 0 aliphatic carbocycles. The number of rotatable bonds is 6. The van der Waals surface area contributed by atoms with E-state index in [0.717, 1.165) is 13.0 Å². The minimum atomic E-state index is -0.964. The SMILES string of the molecule is O=C(O)c1ccc(Cl)cc1NCCCn1ccnc1. The van der Waals surface area contributed by atoms with Gasteiger partial charge in [-0.05, 0) is 24.6 Å². The summed E-state index contributed by atoms with van der Waals surface area (Å²) in [7, 11) is 0. The Labute approximate surface area is 115 Å². The van der Waals surface area contributed by atoms with Crippen molar-refractivity contribution in [2.24, 2.45) is 0 Å². The molecule has 1 heterocycles. The van der Waals surface area contributed by atoms with Gasteiger partial charge in [0, 0.05) is 30.5 Å². The maximum atomic E-state index is 11.1. The quantitative estimate of drug-likeness (QED) is 0.798. The Hall–Kier alpha value is -2.01. The fraction of sp³-hybridized carbons (Fsp3) is 0.231. The maximum Gasteiger partial charge on any atom is 0.337 e. The van der Waals surface area contributed by atoms with Crippen molar-refractivity contribution < 1.29 is 9.90 Å². The molecular weight excluding hydrogens is 266 g/mol. The number of nitrogens with zero attached hydrogens (tertiary/aromatic N) is 2. The minimum Gasteiger partial charge on any atom is -0.478 e. The zero-order valence-electron chi connectivity index (χ0n) is 10.2. The third kappa shape index (κ3) is 3.72. The molecule has 0 saturated heterocycles. The number of hydrogen-bond acceptors (Lipinski definition) is 3. The van der Waals surface area contributed by atoms with Gasteiger partial charge in [-0.3, -0.25) is 0 Å². The number of anilines is 1. The van der Waals surface area contributed by atoms with Gasteiger partial charge in [0.25, 0.3) is 0 Å². The predicted molar refractivity (Wildman–Crippen MR) is 73.7 cm³/mol. The number of nitrogens with one attached hydrogen (secondary N) is 1. The molecule has 0 aliphatic rings. The third-order valence-electron chi connectivity index (χ3n) is 2.68. The van der Waals surface area contributed by atoms with E-state index in [9.17, 15) is 4.79 Å². The van der Waals surface area contributed by atoms with Crippen molar-refractivity contribution in [3.05, 3.63) is 47.5 Å². The summed E-state index contributed by atoms with van der Waals surface area (Å²) in [6.45, 7) is 1.49. The van der Waals surface area contributed by atoms with E-state index in [1.807, 2.05) is 10.8 Å². The number of imidazole rings is 1. The van der Waals surface area contributed by atoms with Gasteiger partial charge in [-0.1, -0.05) is 11.6 Å². The Morgan fingerprint density at radius 3 is 3.00 bits per heavy atom. The van der Waals surface area contributed by atoms with Crippen molar-refractivity contribution in [3.63, 3.8) is 0 Å². The Kier molecular flexibility index (Phi) is 4.41. The molecule has 0 spiro atoms. The lowest BCUT2D eigenvalue weighted by Gasteiger charge is -2.10. The van der Waals surface area contributed by atoms with E-state index < -0.39 is 5.97 Å². The molecular formula is C13H14ClN3O2. The van der Waals surface area contributed by atoms with E-state index in [-0.39, 0.29) is 5.56 Å². The molecule has 2 aromatic rings. The van der Waals surface area contributed by atoms with Crippen LogP contribution < -0.4 is 5.32 Å². The number of benzene rings is 1. The zero-order chi connectivity index (χ0) is 13.7. The Bertz CT molecular complexity index is 555. The summed E-state index contributed by atoms with van der Waals surface area (Å²) >= 11 is 5.87. The molecule has 0 amide bonds. The molecule has 0 aliphatic heterocycles. The van der Waals surface area contributed by atoms with E-state index in [1.54, 1.807) is 24.7 Å². The monoisotopic (exact) mass is 279 g/mol. The highest BCUT2D eigenvalue weighted by molar-refractivity contribution is 6.31. The second kappa shape index (κ2) is 6.24. The van der Waals surface area contributed by atoms with Gasteiger partial charge < -0.3 is 15.0 Å². The van der Waals surface area contributed by atoms with Crippen LogP contribution in [-0.4, -0.2) is 27.2 Å². The van der Waals surface area contributed by atoms with Crippen LogP contribution in [0.3, 0.4) is 0 Å². The second-order valence-corrected chi connectivity index (χ2v) is 4.51. The minimum absolute atomic E-state index is 0.229. The highest BCUT2D eigenvalue weighted by atomic mass is 35.5. The van der Waals surface area contributed by atoms with Crippen molar-refractivity contribution in [1.29, 1.82) is 0 Å². The van der Waals surface area contributed by atoms with E-state index in [1.165, 1.54) is 6.07 Å². The Morgan fingerprint density at radius 1 is 1.47 bits per heavy atom. The van der Waals surface area contributed by atoms with Gasteiger partial charge in [0.1, 0.15) is 0 Å². The third-order valence-corrected chi connectivity index (χ3v) is 2.91. The van der Waals surface area contributed by atoms with Gasteiger partial charge in [-0.25, -0.2) is 9.78 Å². The van der Waals surface area contributed by atoms with E-state index in [4.69, 9.17) is 16.7 Å². The van der Waals surface area contributed by atoms with Gasteiger partial charge in [-0.15, -0.1) is 0 Å². The summed E-state index contributed by atoms with van der Waals surface area (Å²) in [6.07, 6.45) is 6.24. The molecule has 0 saturated carbocycles. The summed E-state index contributed by atoms with van der Waals surface area (Å²) < 4.78 is 1.97. The topological polar surface area (TPSA) is 67.2 Å². The fourth-order valence-corrected chi connectivity index (χ4v) is 1.93. The molecule has 1 aromatic carbocycles. The first-order valence-corrected chi connectivity index (χ1v) is 6.27. The highest BCUT2D eigenvalue weighted by Gasteiger charge is 2.09. The number of carboxylic acids is 1. The van der Waals surface area contributed by atoms with Crippen molar-refractivity contribution in [2.75, 3.05) is 11.9 Å². The lowest BCUT2D eigenvalue weighted by molar-refractivity contribution is 0.0698. The van der Waals surface area contributed by atoms with Crippen LogP contribution in [-0.2, 0) is 6.54 Å². The summed E-state index contributed by atoms with van der Waals surface area (Å²) in [5.41, 5.74) is 0.776. The number of carboxylic acid groups (broad SMARTS) is 1. The summed E-state index contributed by atoms with van der Waals surface area (Å²) in [5, 5.41) is 12.7. The molecule has 0 radical (unpaired) electrons. The molecule has 100 valence electrons. The van der Waals surface area contributed by atoms with E-state index in [0.29, 0.717) is 17.3 Å². The smallest absolute Gasteiger partial charge is 0.337 e. The van der Waals surface area contributed by atoms with Crippen LogP contribution in [0.5, 0.6) is 0 Å². The largest absolute Gasteiger partial charge is 0.478 e. The number of aryl methyl sites for hydroxylation is 1. The molecule has 19 heavy (non-hydrogen) atoms. The summed E-state index contributed by atoms with van der Waals surface area (Å²) in [6, 6.07) is 4.70. The molecule has 2 N–H and O–H groups in total. The second-order valence-electron chi connectivity index (χ2n) is 4.08. The molecule has 0 bridgehead atoms. The molecule has 0 fully saturated rings. The fourth-order valence-electron chi connectivity index (χ4n) is 1.75.